The number of nitrogens with zero attached hydrogens (tertiary/aromatic N) is 2. The smallest absolute Gasteiger partial charge is 0.263 e. The molecule has 2 aromatic carbocycles. The van der Waals surface area contributed by atoms with Crippen molar-refractivity contribution in [3.05, 3.63) is 87.3 Å². The molecule has 5 heteroatoms. The van der Waals surface area contributed by atoms with Crippen LogP contribution in [-0.2, 0) is 6.54 Å². The fourth-order valence-electron chi connectivity index (χ4n) is 3.01. The number of fused-ring (bicyclic) bond motifs is 1. The lowest BCUT2D eigenvalue weighted by atomic mass is 10.1. The molecule has 2 heterocycles. The summed E-state index contributed by atoms with van der Waals surface area (Å²) in [7, 11) is 0. The maximum atomic E-state index is 13.1. The van der Waals surface area contributed by atoms with Crippen molar-refractivity contribution in [2.24, 2.45) is 0 Å². The molecule has 0 unspecified atom stereocenters. The van der Waals surface area contributed by atoms with Crippen LogP contribution in [0, 0.1) is 6.92 Å². The summed E-state index contributed by atoms with van der Waals surface area (Å²) in [5, 5.41) is 1.25. The Balaban J connectivity index is 1.96. The second-order valence-corrected chi connectivity index (χ2v) is 6.47. The number of halogens is 1. The molecule has 0 aliphatic carbocycles. The van der Waals surface area contributed by atoms with E-state index in [1.807, 2.05) is 67.6 Å². The zero-order chi connectivity index (χ0) is 17.4. The first-order valence-corrected chi connectivity index (χ1v) is 8.39. The van der Waals surface area contributed by atoms with Crippen LogP contribution in [0.1, 0.15) is 11.3 Å². The largest absolute Gasteiger partial charge is 0.343 e. The number of hydrogen-bond acceptors (Lipinski definition) is 2. The minimum atomic E-state index is -0.0619. The van der Waals surface area contributed by atoms with Crippen LogP contribution in [0.2, 0.25) is 5.02 Å². The lowest BCUT2D eigenvalue weighted by Gasteiger charge is -2.13. The Morgan fingerprint density at radius 3 is 2.64 bits per heavy atom. The van der Waals surface area contributed by atoms with Crippen molar-refractivity contribution < 1.29 is 0 Å². The molecule has 2 aromatic heterocycles. The van der Waals surface area contributed by atoms with Gasteiger partial charge in [0.1, 0.15) is 11.5 Å². The molecular formula is C20H16ClN3O. The van der Waals surface area contributed by atoms with Gasteiger partial charge in [-0.1, -0.05) is 54.1 Å². The summed E-state index contributed by atoms with van der Waals surface area (Å²) in [6.45, 7) is 2.33. The summed E-state index contributed by atoms with van der Waals surface area (Å²) in [4.78, 5) is 21.0. The number of aryl methyl sites for hydroxylation is 1. The number of H-pyrrole nitrogens is 1. The first kappa shape index (κ1) is 15.7. The summed E-state index contributed by atoms with van der Waals surface area (Å²) in [5.41, 5.74) is 3.33. The van der Waals surface area contributed by atoms with Crippen LogP contribution in [0.4, 0.5) is 0 Å². The highest BCUT2D eigenvalue weighted by Crippen LogP contribution is 2.20. The summed E-state index contributed by atoms with van der Waals surface area (Å²) in [5.74, 6) is 0.639. The number of benzene rings is 2. The molecule has 0 fully saturated rings. The van der Waals surface area contributed by atoms with Crippen molar-refractivity contribution in [2.45, 2.75) is 13.5 Å². The van der Waals surface area contributed by atoms with Crippen molar-refractivity contribution in [2.75, 3.05) is 0 Å². The first-order valence-electron chi connectivity index (χ1n) is 8.02. The van der Waals surface area contributed by atoms with Crippen LogP contribution >= 0.6 is 11.6 Å². The Kier molecular flexibility index (Phi) is 3.90. The first-order chi connectivity index (χ1) is 12.1. The van der Waals surface area contributed by atoms with Gasteiger partial charge < -0.3 is 4.98 Å². The summed E-state index contributed by atoms with van der Waals surface area (Å²) < 4.78 is 1.70. The molecule has 4 rings (SSSR count). The molecule has 0 radical (unpaired) electrons. The molecule has 4 nitrogen and oxygen atoms in total. The zero-order valence-electron chi connectivity index (χ0n) is 13.7. The minimum Gasteiger partial charge on any atom is -0.343 e. The standard InChI is InChI=1S/C20H16ClN3O/c1-13-10-17-18(22-13)23-19(15-7-3-2-4-8-15)24(20(17)25)12-14-6-5-9-16(21)11-14/h2-11,22H,12H2,1H3. The summed E-state index contributed by atoms with van der Waals surface area (Å²) >= 11 is 6.10. The average Bonchev–Trinajstić information content (AvgIpc) is 2.99. The van der Waals surface area contributed by atoms with Gasteiger partial charge in [0.2, 0.25) is 0 Å². The Hall–Kier alpha value is -2.85. The van der Waals surface area contributed by atoms with Crippen LogP contribution in [0.3, 0.4) is 0 Å². The van der Waals surface area contributed by atoms with Crippen molar-refractivity contribution in [3.8, 4) is 11.4 Å². The predicted octanol–water partition coefficient (Wildman–Crippen LogP) is 4.40. The molecule has 0 spiro atoms. The molecule has 124 valence electrons. The van der Waals surface area contributed by atoms with E-state index in [2.05, 4.69) is 4.98 Å². The summed E-state index contributed by atoms with van der Waals surface area (Å²) in [6.07, 6.45) is 0. The fourth-order valence-corrected chi connectivity index (χ4v) is 3.22. The zero-order valence-corrected chi connectivity index (χ0v) is 14.4. The molecule has 0 saturated heterocycles. The van der Waals surface area contributed by atoms with Crippen LogP contribution in [0.15, 0.2) is 65.5 Å². The molecule has 25 heavy (non-hydrogen) atoms. The van der Waals surface area contributed by atoms with Gasteiger partial charge >= 0.3 is 0 Å². The van der Waals surface area contributed by atoms with Crippen LogP contribution in [-0.4, -0.2) is 14.5 Å². The highest BCUT2D eigenvalue weighted by Gasteiger charge is 2.14. The Morgan fingerprint density at radius 2 is 1.88 bits per heavy atom. The second-order valence-electron chi connectivity index (χ2n) is 6.04. The Morgan fingerprint density at radius 1 is 1.08 bits per heavy atom. The average molecular weight is 350 g/mol. The molecule has 0 bridgehead atoms. The molecule has 0 aliphatic rings. The van der Waals surface area contributed by atoms with E-state index < -0.39 is 0 Å². The van der Waals surface area contributed by atoms with E-state index in [9.17, 15) is 4.79 Å². The van der Waals surface area contributed by atoms with E-state index in [-0.39, 0.29) is 5.56 Å². The third kappa shape index (κ3) is 2.96. The fraction of sp³-hybridized carbons (Fsp3) is 0.100. The molecular weight excluding hydrogens is 334 g/mol. The maximum Gasteiger partial charge on any atom is 0.263 e. The minimum absolute atomic E-state index is 0.0619. The van der Waals surface area contributed by atoms with Gasteiger partial charge in [0.25, 0.3) is 5.56 Å². The van der Waals surface area contributed by atoms with E-state index >= 15 is 0 Å². The van der Waals surface area contributed by atoms with Crippen LogP contribution in [0.5, 0.6) is 0 Å². The van der Waals surface area contributed by atoms with E-state index in [4.69, 9.17) is 16.6 Å². The normalized spacial score (nSPS) is 11.1. The highest BCUT2D eigenvalue weighted by molar-refractivity contribution is 6.30. The van der Waals surface area contributed by atoms with Crippen molar-refractivity contribution in [1.29, 1.82) is 0 Å². The van der Waals surface area contributed by atoms with Gasteiger partial charge in [0.15, 0.2) is 0 Å². The van der Waals surface area contributed by atoms with Gasteiger partial charge in [-0.25, -0.2) is 4.98 Å². The third-order valence-corrected chi connectivity index (χ3v) is 4.38. The number of nitrogens with one attached hydrogen (secondary N) is 1. The quantitative estimate of drug-likeness (QED) is 0.596. The van der Waals surface area contributed by atoms with Gasteiger partial charge in [-0.05, 0) is 30.7 Å². The van der Waals surface area contributed by atoms with Crippen LogP contribution in [0.25, 0.3) is 22.4 Å². The maximum absolute atomic E-state index is 13.1. The number of rotatable bonds is 3. The Bertz CT molecular complexity index is 1110. The molecule has 0 atom stereocenters. The second kappa shape index (κ2) is 6.22. The molecule has 1 N–H and O–H groups in total. The summed E-state index contributed by atoms with van der Waals surface area (Å²) in [6, 6.07) is 19.1. The lowest BCUT2D eigenvalue weighted by Crippen LogP contribution is -2.23. The molecule has 0 saturated carbocycles. The SMILES string of the molecule is Cc1cc2c(=O)n(Cc3cccc(Cl)c3)c(-c3ccccc3)nc2[nH]1. The van der Waals surface area contributed by atoms with Gasteiger partial charge in [-0.2, -0.15) is 0 Å². The van der Waals surface area contributed by atoms with Gasteiger partial charge in [-0.15, -0.1) is 0 Å². The van der Waals surface area contributed by atoms with E-state index in [0.29, 0.717) is 28.4 Å². The number of aromatic nitrogens is 3. The molecule has 4 aromatic rings. The monoisotopic (exact) mass is 349 g/mol. The van der Waals surface area contributed by atoms with Crippen molar-refractivity contribution >= 4 is 22.6 Å². The van der Waals surface area contributed by atoms with Gasteiger partial charge in [0.05, 0.1) is 11.9 Å². The van der Waals surface area contributed by atoms with E-state index in [1.54, 1.807) is 4.57 Å². The molecule has 0 aliphatic heterocycles. The van der Waals surface area contributed by atoms with Gasteiger partial charge in [0, 0.05) is 16.3 Å². The topological polar surface area (TPSA) is 50.7 Å². The van der Waals surface area contributed by atoms with Crippen molar-refractivity contribution in [1.82, 2.24) is 14.5 Å². The third-order valence-electron chi connectivity index (χ3n) is 4.14. The van der Waals surface area contributed by atoms with Crippen LogP contribution < -0.4 is 5.56 Å². The van der Waals surface area contributed by atoms with E-state index in [0.717, 1.165) is 16.8 Å². The predicted molar refractivity (Wildman–Crippen MR) is 101 cm³/mol. The lowest BCUT2D eigenvalue weighted by molar-refractivity contribution is 0.759. The van der Waals surface area contributed by atoms with Crippen molar-refractivity contribution in [3.63, 3.8) is 0 Å². The number of hydrogen-bond donors (Lipinski definition) is 1. The highest BCUT2D eigenvalue weighted by atomic mass is 35.5. The van der Waals surface area contributed by atoms with E-state index in [1.165, 1.54) is 0 Å². The molecule has 0 amide bonds. The number of aromatic amines is 1. The Labute approximate surface area is 149 Å². The van der Waals surface area contributed by atoms with Gasteiger partial charge in [-0.3, -0.25) is 9.36 Å².